The Morgan fingerprint density at radius 2 is 2.11 bits per heavy atom. The van der Waals surface area contributed by atoms with Crippen molar-refractivity contribution in [1.82, 2.24) is 0 Å². The molecule has 1 heterocycles. The van der Waals surface area contributed by atoms with Crippen LogP contribution in [-0.4, -0.2) is 23.2 Å². The highest BCUT2D eigenvalue weighted by Gasteiger charge is 2.52. The van der Waals surface area contributed by atoms with Crippen molar-refractivity contribution in [2.45, 2.75) is 38.1 Å². The standard InChI is InChI=1S/C15H19NO2/c1-15(14(17)18,12-8-9-12)16-10-4-6-11-5-2-3-7-13(11)16/h2-3,5,7,12H,4,6,8-10H2,1H3,(H,17,18). The first-order valence-corrected chi connectivity index (χ1v) is 6.73. The number of carboxylic acids is 1. The minimum atomic E-state index is -0.726. The van der Waals surface area contributed by atoms with Crippen molar-refractivity contribution < 1.29 is 9.90 Å². The number of nitrogens with zero attached hydrogens (tertiary/aromatic N) is 1. The van der Waals surface area contributed by atoms with E-state index in [0.717, 1.165) is 37.9 Å². The van der Waals surface area contributed by atoms with E-state index in [1.807, 2.05) is 19.1 Å². The molecule has 0 amide bonds. The first kappa shape index (κ1) is 11.6. The number of carboxylic acid groups (broad SMARTS) is 1. The van der Waals surface area contributed by atoms with Gasteiger partial charge in [0.25, 0.3) is 0 Å². The lowest BCUT2D eigenvalue weighted by Gasteiger charge is -2.43. The van der Waals surface area contributed by atoms with Crippen molar-refractivity contribution in [2.75, 3.05) is 11.4 Å². The molecule has 96 valence electrons. The predicted octanol–water partition coefficient (Wildman–Crippen LogP) is 2.69. The summed E-state index contributed by atoms with van der Waals surface area (Å²) >= 11 is 0. The summed E-state index contributed by atoms with van der Waals surface area (Å²) in [7, 11) is 0. The highest BCUT2D eigenvalue weighted by molar-refractivity contribution is 5.85. The summed E-state index contributed by atoms with van der Waals surface area (Å²) in [6, 6.07) is 8.23. The lowest BCUT2D eigenvalue weighted by atomic mass is 9.89. The van der Waals surface area contributed by atoms with E-state index in [0.29, 0.717) is 5.92 Å². The molecule has 3 rings (SSSR count). The number of hydrogen-bond acceptors (Lipinski definition) is 2. The van der Waals surface area contributed by atoms with Gasteiger partial charge in [0.1, 0.15) is 5.54 Å². The van der Waals surface area contributed by atoms with Crippen LogP contribution < -0.4 is 4.90 Å². The zero-order chi connectivity index (χ0) is 12.8. The van der Waals surface area contributed by atoms with E-state index < -0.39 is 11.5 Å². The van der Waals surface area contributed by atoms with Crippen molar-refractivity contribution in [1.29, 1.82) is 0 Å². The third-order valence-electron chi connectivity index (χ3n) is 4.48. The molecule has 0 radical (unpaired) electrons. The normalized spacial score (nSPS) is 22.2. The third-order valence-corrected chi connectivity index (χ3v) is 4.48. The van der Waals surface area contributed by atoms with Gasteiger partial charge in [0.15, 0.2) is 0 Å². The van der Waals surface area contributed by atoms with Crippen LogP contribution in [0.5, 0.6) is 0 Å². The summed E-state index contributed by atoms with van der Waals surface area (Å²) in [6.07, 6.45) is 4.20. The number of carbonyl (C=O) groups is 1. The molecule has 0 saturated heterocycles. The molecule has 1 N–H and O–H groups in total. The van der Waals surface area contributed by atoms with Crippen LogP contribution in [0.15, 0.2) is 24.3 Å². The zero-order valence-corrected chi connectivity index (χ0v) is 10.7. The maximum atomic E-state index is 11.8. The van der Waals surface area contributed by atoms with E-state index >= 15 is 0 Å². The van der Waals surface area contributed by atoms with Gasteiger partial charge in [-0.3, -0.25) is 0 Å². The molecule has 1 unspecified atom stereocenters. The summed E-state index contributed by atoms with van der Waals surface area (Å²) in [6.45, 7) is 2.76. The molecule has 1 saturated carbocycles. The number of hydrogen-bond donors (Lipinski definition) is 1. The van der Waals surface area contributed by atoms with E-state index in [2.05, 4.69) is 17.0 Å². The molecule has 1 fully saturated rings. The second-order valence-corrected chi connectivity index (χ2v) is 5.61. The molecule has 18 heavy (non-hydrogen) atoms. The van der Waals surface area contributed by atoms with E-state index in [-0.39, 0.29) is 0 Å². The van der Waals surface area contributed by atoms with E-state index in [4.69, 9.17) is 0 Å². The highest BCUT2D eigenvalue weighted by Crippen LogP contribution is 2.46. The van der Waals surface area contributed by atoms with Crippen LogP contribution >= 0.6 is 0 Å². The summed E-state index contributed by atoms with van der Waals surface area (Å²) < 4.78 is 0. The van der Waals surface area contributed by atoms with Gasteiger partial charge in [-0.2, -0.15) is 0 Å². The topological polar surface area (TPSA) is 40.5 Å². The Bertz CT molecular complexity index is 481. The van der Waals surface area contributed by atoms with Gasteiger partial charge >= 0.3 is 5.97 Å². The molecular formula is C15H19NO2. The molecule has 0 bridgehead atoms. The maximum absolute atomic E-state index is 11.8. The second kappa shape index (κ2) is 4.01. The van der Waals surface area contributed by atoms with Gasteiger partial charge in [0, 0.05) is 12.2 Å². The summed E-state index contributed by atoms with van der Waals surface area (Å²) in [4.78, 5) is 13.9. The van der Waals surface area contributed by atoms with Crippen LogP contribution in [0.3, 0.4) is 0 Å². The van der Waals surface area contributed by atoms with Crippen LogP contribution in [0.2, 0.25) is 0 Å². The molecule has 1 atom stereocenters. The fraction of sp³-hybridized carbons (Fsp3) is 0.533. The van der Waals surface area contributed by atoms with Crippen LogP contribution in [0.1, 0.15) is 31.7 Å². The van der Waals surface area contributed by atoms with Gasteiger partial charge in [0.2, 0.25) is 0 Å². The number of rotatable bonds is 3. The lowest BCUT2D eigenvalue weighted by molar-refractivity contribution is -0.143. The summed E-state index contributed by atoms with van der Waals surface area (Å²) in [5, 5.41) is 9.68. The van der Waals surface area contributed by atoms with Gasteiger partial charge in [-0.05, 0) is 50.2 Å². The van der Waals surface area contributed by atoms with Crippen LogP contribution in [0.4, 0.5) is 5.69 Å². The smallest absolute Gasteiger partial charge is 0.329 e. The molecule has 0 aromatic heterocycles. The maximum Gasteiger partial charge on any atom is 0.329 e. The molecule has 3 heteroatoms. The molecule has 3 nitrogen and oxygen atoms in total. The molecule has 0 spiro atoms. The molecule has 1 aliphatic carbocycles. The summed E-state index contributed by atoms with van der Waals surface area (Å²) in [5.41, 5.74) is 1.69. The third kappa shape index (κ3) is 1.61. The first-order chi connectivity index (χ1) is 8.64. The first-order valence-electron chi connectivity index (χ1n) is 6.73. The second-order valence-electron chi connectivity index (χ2n) is 5.61. The number of anilines is 1. The Labute approximate surface area is 107 Å². The minimum Gasteiger partial charge on any atom is -0.479 e. The lowest BCUT2D eigenvalue weighted by Crippen LogP contribution is -2.56. The number of para-hydroxylation sites is 1. The van der Waals surface area contributed by atoms with Crippen molar-refractivity contribution in [3.8, 4) is 0 Å². The van der Waals surface area contributed by atoms with E-state index in [1.165, 1.54) is 5.56 Å². The van der Waals surface area contributed by atoms with Crippen LogP contribution in [-0.2, 0) is 11.2 Å². The fourth-order valence-corrected chi connectivity index (χ4v) is 3.17. The number of fused-ring (bicyclic) bond motifs is 1. The zero-order valence-electron chi connectivity index (χ0n) is 10.7. The fourth-order valence-electron chi connectivity index (χ4n) is 3.17. The molecule has 2 aliphatic rings. The number of aryl methyl sites for hydroxylation is 1. The Morgan fingerprint density at radius 1 is 1.39 bits per heavy atom. The van der Waals surface area contributed by atoms with Gasteiger partial charge in [-0.25, -0.2) is 4.79 Å². The molecule has 1 aliphatic heterocycles. The van der Waals surface area contributed by atoms with Crippen LogP contribution in [0.25, 0.3) is 0 Å². The number of benzene rings is 1. The van der Waals surface area contributed by atoms with Crippen molar-refractivity contribution in [3.05, 3.63) is 29.8 Å². The predicted molar refractivity (Wildman–Crippen MR) is 70.9 cm³/mol. The quantitative estimate of drug-likeness (QED) is 0.890. The Hall–Kier alpha value is -1.51. The SMILES string of the molecule is CC(C(=O)O)(C1CC1)N1CCCc2ccccc21. The Balaban J connectivity index is 2.04. The van der Waals surface area contributed by atoms with E-state index in [1.54, 1.807) is 0 Å². The average Bonchev–Trinajstić information content (AvgIpc) is 3.21. The van der Waals surface area contributed by atoms with E-state index in [9.17, 15) is 9.90 Å². The highest BCUT2D eigenvalue weighted by atomic mass is 16.4. The Morgan fingerprint density at radius 3 is 2.78 bits per heavy atom. The monoisotopic (exact) mass is 245 g/mol. The minimum absolute atomic E-state index is 0.307. The van der Waals surface area contributed by atoms with Crippen LogP contribution in [0, 0.1) is 5.92 Å². The molecular weight excluding hydrogens is 226 g/mol. The largest absolute Gasteiger partial charge is 0.479 e. The van der Waals surface area contributed by atoms with Crippen molar-refractivity contribution in [2.24, 2.45) is 5.92 Å². The van der Waals surface area contributed by atoms with Crippen molar-refractivity contribution in [3.63, 3.8) is 0 Å². The van der Waals surface area contributed by atoms with Gasteiger partial charge in [0.05, 0.1) is 0 Å². The van der Waals surface area contributed by atoms with Gasteiger partial charge in [-0.1, -0.05) is 18.2 Å². The number of aliphatic carboxylic acids is 1. The average molecular weight is 245 g/mol. The van der Waals surface area contributed by atoms with Crippen molar-refractivity contribution >= 4 is 11.7 Å². The molecule has 1 aromatic carbocycles. The Kier molecular flexibility index (Phi) is 2.58. The van der Waals surface area contributed by atoms with Gasteiger partial charge < -0.3 is 10.0 Å². The molecule has 1 aromatic rings. The summed E-state index contributed by atoms with van der Waals surface area (Å²) in [5.74, 6) is -0.372. The van der Waals surface area contributed by atoms with Gasteiger partial charge in [-0.15, -0.1) is 0 Å².